The average Bonchev–Trinajstić information content (AvgIpc) is 2.63. The fourth-order valence-corrected chi connectivity index (χ4v) is 2.93. The third kappa shape index (κ3) is 3.27. The number of aliphatic hydroxyl groups is 1. The zero-order chi connectivity index (χ0) is 13.8. The van der Waals surface area contributed by atoms with E-state index in [2.05, 4.69) is 11.8 Å². The van der Waals surface area contributed by atoms with Crippen molar-refractivity contribution in [1.29, 1.82) is 0 Å². The van der Waals surface area contributed by atoms with Gasteiger partial charge in [-0.25, -0.2) is 4.39 Å². The molecule has 0 aliphatic carbocycles. The molecule has 2 atom stereocenters. The summed E-state index contributed by atoms with van der Waals surface area (Å²) in [6.07, 6.45) is 5.19. The maximum atomic E-state index is 14.3. The number of benzene rings is 1. The molecule has 1 aliphatic rings. The van der Waals surface area contributed by atoms with Crippen LogP contribution in [0.3, 0.4) is 0 Å². The molecule has 0 spiro atoms. The van der Waals surface area contributed by atoms with Crippen molar-refractivity contribution < 1.29 is 9.50 Å². The van der Waals surface area contributed by atoms with Crippen LogP contribution in [0.5, 0.6) is 0 Å². The van der Waals surface area contributed by atoms with Crippen LogP contribution in [0, 0.1) is 5.82 Å². The fraction of sp³-hybridized carbons (Fsp3) is 0.625. The molecular formula is C16H24FNO. The van der Waals surface area contributed by atoms with Gasteiger partial charge in [-0.1, -0.05) is 25.8 Å². The zero-order valence-electron chi connectivity index (χ0n) is 11.9. The van der Waals surface area contributed by atoms with Gasteiger partial charge in [0, 0.05) is 12.6 Å². The molecule has 106 valence electrons. The molecule has 1 aromatic rings. The van der Waals surface area contributed by atoms with Crippen molar-refractivity contribution in [2.24, 2.45) is 0 Å². The van der Waals surface area contributed by atoms with Gasteiger partial charge in [0.25, 0.3) is 0 Å². The van der Waals surface area contributed by atoms with E-state index < -0.39 is 6.10 Å². The molecule has 1 N–H and O–H groups in total. The van der Waals surface area contributed by atoms with E-state index in [0.717, 1.165) is 25.8 Å². The molecule has 2 nitrogen and oxygen atoms in total. The number of nitrogens with zero attached hydrogens (tertiary/aromatic N) is 1. The Kier molecular flexibility index (Phi) is 4.81. The first-order chi connectivity index (χ1) is 9.13. The zero-order valence-corrected chi connectivity index (χ0v) is 11.9. The van der Waals surface area contributed by atoms with Crippen LogP contribution in [-0.2, 0) is 0 Å². The van der Waals surface area contributed by atoms with Gasteiger partial charge in [-0.3, -0.25) is 0 Å². The second kappa shape index (κ2) is 6.38. The van der Waals surface area contributed by atoms with Gasteiger partial charge in [-0.05, 0) is 43.9 Å². The molecule has 1 saturated heterocycles. The van der Waals surface area contributed by atoms with Crippen molar-refractivity contribution in [2.75, 3.05) is 11.4 Å². The Hall–Kier alpha value is -1.09. The topological polar surface area (TPSA) is 23.5 Å². The van der Waals surface area contributed by atoms with Crippen molar-refractivity contribution in [1.82, 2.24) is 0 Å². The molecule has 0 radical (unpaired) electrons. The van der Waals surface area contributed by atoms with Gasteiger partial charge in [0.2, 0.25) is 0 Å². The largest absolute Gasteiger partial charge is 0.389 e. The van der Waals surface area contributed by atoms with Crippen molar-refractivity contribution >= 4 is 5.69 Å². The molecule has 3 heteroatoms. The Morgan fingerprint density at radius 2 is 2.16 bits per heavy atom. The van der Waals surface area contributed by atoms with E-state index in [1.165, 1.54) is 18.9 Å². The highest BCUT2D eigenvalue weighted by Gasteiger charge is 2.22. The predicted octanol–water partition coefficient (Wildman–Crippen LogP) is 4.04. The van der Waals surface area contributed by atoms with Gasteiger partial charge in [-0.15, -0.1) is 0 Å². The van der Waals surface area contributed by atoms with Gasteiger partial charge >= 0.3 is 0 Å². The third-order valence-electron chi connectivity index (χ3n) is 4.11. The van der Waals surface area contributed by atoms with E-state index in [-0.39, 0.29) is 5.82 Å². The van der Waals surface area contributed by atoms with Gasteiger partial charge in [0.05, 0.1) is 11.8 Å². The highest BCUT2D eigenvalue weighted by atomic mass is 19.1. The summed E-state index contributed by atoms with van der Waals surface area (Å²) >= 11 is 0. The summed E-state index contributed by atoms with van der Waals surface area (Å²) in [6, 6.07) is 5.57. The Morgan fingerprint density at radius 1 is 1.37 bits per heavy atom. The minimum absolute atomic E-state index is 0.209. The molecule has 1 fully saturated rings. The van der Waals surface area contributed by atoms with Gasteiger partial charge < -0.3 is 10.0 Å². The quantitative estimate of drug-likeness (QED) is 0.891. The molecule has 1 aliphatic heterocycles. The second-order valence-corrected chi connectivity index (χ2v) is 5.49. The Balaban J connectivity index is 2.28. The maximum Gasteiger partial charge on any atom is 0.146 e. The number of anilines is 1. The first-order valence-electron chi connectivity index (χ1n) is 7.37. The van der Waals surface area contributed by atoms with Crippen LogP contribution in [0.1, 0.15) is 57.6 Å². The highest BCUT2D eigenvalue weighted by Crippen LogP contribution is 2.29. The third-order valence-corrected chi connectivity index (χ3v) is 4.11. The molecule has 0 amide bonds. The van der Waals surface area contributed by atoms with Crippen LogP contribution >= 0.6 is 0 Å². The predicted molar refractivity (Wildman–Crippen MR) is 76.9 cm³/mol. The number of halogens is 1. The molecule has 0 bridgehead atoms. The van der Waals surface area contributed by atoms with Crippen molar-refractivity contribution in [3.63, 3.8) is 0 Å². The van der Waals surface area contributed by atoms with Crippen LogP contribution in [0.25, 0.3) is 0 Å². The van der Waals surface area contributed by atoms with Gasteiger partial charge in [0.15, 0.2) is 0 Å². The van der Waals surface area contributed by atoms with E-state index in [4.69, 9.17) is 0 Å². The van der Waals surface area contributed by atoms with Crippen molar-refractivity contribution in [3.8, 4) is 0 Å². The summed E-state index contributed by atoms with van der Waals surface area (Å²) in [5.41, 5.74) is 1.34. The van der Waals surface area contributed by atoms with E-state index in [0.29, 0.717) is 17.3 Å². The number of hydrogen-bond acceptors (Lipinski definition) is 2. The van der Waals surface area contributed by atoms with Crippen molar-refractivity contribution in [2.45, 2.75) is 58.1 Å². The summed E-state index contributed by atoms with van der Waals surface area (Å²) in [7, 11) is 0. The molecule has 1 unspecified atom stereocenters. The van der Waals surface area contributed by atoms with Crippen molar-refractivity contribution in [3.05, 3.63) is 29.6 Å². The van der Waals surface area contributed by atoms with Crippen LogP contribution in [0.15, 0.2) is 18.2 Å². The maximum absolute atomic E-state index is 14.3. The normalized spacial score (nSPS) is 22.1. The lowest BCUT2D eigenvalue weighted by molar-refractivity contribution is 0.199. The van der Waals surface area contributed by atoms with Gasteiger partial charge in [-0.2, -0.15) is 0 Å². The first-order valence-corrected chi connectivity index (χ1v) is 7.37. The lowest BCUT2D eigenvalue weighted by atomic mass is 10.1. The summed E-state index contributed by atoms with van der Waals surface area (Å²) in [4.78, 5) is 2.22. The van der Waals surface area contributed by atoms with E-state index in [1.54, 1.807) is 6.92 Å². The smallest absolute Gasteiger partial charge is 0.146 e. The summed E-state index contributed by atoms with van der Waals surface area (Å²) in [5, 5.41) is 9.51. The molecule has 2 rings (SSSR count). The monoisotopic (exact) mass is 265 g/mol. The van der Waals surface area contributed by atoms with E-state index in [1.807, 2.05) is 12.1 Å². The van der Waals surface area contributed by atoms with E-state index in [9.17, 15) is 9.50 Å². The van der Waals surface area contributed by atoms with Crippen LogP contribution in [0.2, 0.25) is 0 Å². The molecule has 0 aromatic heterocycles. The van der Waals surface area contributed by atoms with Crippen LogP contribution in [0.4, 0.5) is 10.1 Å². The average molecular weight is 265 g/mol. The number of aliphatic hydroxyl groups excluding tert-OH is 1. The van der Waals surface area contributed by atoms with E-state index >= 15 is 0 Å². The summed E-state index contributed by atoms with van der Waals surface area (Å²) in [5.74, 6) is -0.209. The standard InChI is InChI=1S/C16H24FNO/c1-3-14-7-5-4-6-10-18(14)16-9-8-13(12(2)19)11-15(16)17/h8-9,11-12,14,19H,3-7,10H2,1-2H3/t12-,14?/m1/s1. The van der Waals surface area contributed by atoms with Crippen LogP contribution < -0.4 is 4.90 Å². The molecular weight excluding hydrogens is 241 g/mol. The SMILES string of the molecule is CCC1CCCCCN1c1ccc([C@@H](C)O)cc1F. The lowest BCUT2D eigenvalue weighted by Gasteiger charge is -2.32. The van der Waals surface area contributed by atoms with Crippen LogP contribution in [-0.4, -0.2) is 17.7 Å². The van der Waals surface area contributed by atoms with Gasteiger partial charge in [0.1, 0.15) is 5.82 Å². The summed E-state index contributed by atoms with van der Waals surface area (Å²) in [6.45, 7) is 4.77. The molecule has 1 aromatic carbocycles. The number of rotatable bonds is 3. The molecule has 1 heterocycles. The lowest BCUT2D eigenvalue weighted by Crippen LogP contribution is -2.35. The Morgan fingerprint density at radius 3 is 2.79 bits per heavy atom. The first kappa shape index (κ1) is 14.3. The highest BCUT2D eigenvalue weighted by molar-refractivity contribution is 5.50. The molecule has 0 saturated carbocycles. The Bertz CT molecular complexity index is 419. The summed E-state index contributed by atoms with van der Waals surface area (Å²) < 4.78 is 14.3. The number of hydrogen-bond donors (Lipinski definition) is 1. The molecule has 19 heavy (non-hydrogen) atoms. The fourth-order valence-electron chi connectivity index (χ4n) is 2.93. The minimum Gasteiger partial charge on any atom is -0.389 e. The minimum atomic E-state index is -0.616. The Labute approximate surface area is 115 Å². The second-order valence-electron chi connectivity index (χ2n) is 5.49.